The van der Waals surface area contributed by atoms with Crippen molar-refractivity contribution in [2.45, 2.75) is 5.37 Å². The molecule has 1 atom stereocenters. The zero-order valence-electron chi connectivity index (χ0n) is 14.3. The molecule has 0 fully saturated rings. The summed E-state index contributed by atoms with van der Waals surface area (Å²) in [4.78, 5) is 2.16. The standard InChI is InChI=1S/C21H19N3OS/c1-24(16-7-3-2-4-8-16)17-13-11-15(12-14-17)20-22-23-21(26-20)18-9-5-6-10-19(18)25/h2-14,20,22,25H,1H3/t20-/m1/s1. The summed E-state index contributed by atoms with van der Waals surface area (Å²) in [6, 6.07) is 26.0. The molecule has 3 aromatic rings. The number of phenolic OH excluding ortho intramolecular Hbond substituents is 1. The Labute approximate surface area is 157 Å². The second-order valence-corrected chi connectivity index (χ2v) is 7.14. The van der Waals surface area contributed by atoms with Gasteiger partial charge in [0, 0.05) is 18.4 Å². The molecule has 0 saturated heterocycles. The largest absolute Gasteiger partial charge is 0.507 e. The number of hydrogen-bond acceptors (Lipinski definition) is 5. The van der Waals surface area contributed by atoms with Gasteiger partial charge in [-0.25, -0.2) is 0 Å². The monoisotopic (exact) mass is 361 g/mol. The number of para-hydroxylation sites is 2. The first-order valence-electron chi connectivity index (χ1n) is 8.39. The van der Waals surface area contributed by atoms with Crippen molar-refractivity contribution in [2.75, 3.05) is 11.9 Å². The van der Waals surface area contributed by atoms with Gasteiger partial charge in [0.1, 0.15) is 16.2 Å². The van der Waals surface area contributed by atoms with Crippen LogP contribution in [0.1, 0.15) is 16.5 Å². The fourth-order valence-corrected chi connectivity index (χ4v) is 3.90. The molecule has 0 aromatic heterocycles. The number of anilines is 2. The number of rotatable bonds is 4. The molecule has 1 aliphatic heterocycles. The Morgan fingerprint density at radius 1 is 0.885 bits per heavy atom. The zero-order valence-corrected chi connectivity index (χ0v) is 15.1. The van der Waals surface area contributed by atoms with Crippen molar-refractivity contribution >= 4 is 28.2 Å². The number of thioether (sulfide) groups is 1. The van der Waals surface area contributed by atoms with Gasteiger partial charge in [0.05, 0.1) is 5.56 Å². The van der Waals surface area contributed by atoms with Gasteiger partial charge in [-0.1, -0.05) is 54.2 Å². The van der Waals surface area contributed by atoms with Gasteiger partial charge in [0.15, 0.2) is 0 Å². The maximum Gasteiger partial charge on any atom is 0.129 e. The van der Waals surface area contributed by atoms with Crippen LogP contribution in [0.5, 0.6) is 5.75 Å². The van der Waals surface area contributed by atoms with Crippen molar-refractivity contribution in [3.63, 3.8) is 0 Å². The maximum atomic E-state index is 10.0. The number of nitrogens with zero attached hydrogens (tertiary/aromatic N) is 2. The summed E-state index contributed by atoms with van der Waals surface area (Å²) < 4.78 is 0. The van der Waals surface area contributed by atoms with E-state index in [-0.39, 0.29) is 11.1 Å². The normalized spacial score (nSPS) is 16.0. The van der Waals surface area contributed by atoms with E-state index in [2.05, 4.69) is 58.9 Å². The molecule has 1 aliphatic rings. The van der Waals surface area contributed by atoms with Crippen LogP contribution in [0, 0.1) is 0 Å². The molecule has 2 N–H and O–H groups in total. The minimum absolute atomic E-state index is 0.0423. The summed E-state index contributed by atoms with van der Waals surface area (Å²) in [5, 5.41) is 15.2. The van der Waals surface area contributed by atoms with Crippen molar-refractivity contribution in [1.29, 1.82) is 0 Å². The van der Waals surface area contributed by atoms with Crippen molar-refractivity contribution < 1.29 is 5.11 Å². The Balaban J connectivity index is 1.48. The van der Waals surface area contributed by atoms with Gasteiger partial charge in [-0.05, 0) is 42.0 Å². The predicted octanol–water partition coefficient (Wildman–Crippen LogP) is 4.86. The Bertz CT molecular complexity index is 926. The SMILES string of the molecule is CN(c1ccccc1)c1ccc([C@@H]2NN=C(c3ccccc3O)S2)cc1. The lowest BCUT2D eigenvalue weighted by atomic mass is 10.2. The average Bonchev–Trinajstić information content (AvgIpc) is 3.18. The number of hydrazone groups is 1. The van der Waals surface area contributed by atoms with E-state index in [1.54, 1.807) is 17.8 Å². The van der Waals surface area contributed by atoms with Crippen LogP contribution in [0.4, 0.5) is 11.4 Å². The number of aromatic hydroxyl groups is 1. The Kier molecular flexibility index (Phi) is 4.54. The third-order valence-electron chi connectivity index (χ3n) is 4.37. The molecule has 5 heteroatoms. The molecule has 26 heavy (non-hydrogen) atoms. The lowest BCUT2D eigenvalue weighted by Gasteiger charge is -2.20. The second kappa shape index (κ2) is 7.14. The fourth-order valence-electron chi connectivity index (χ4n) is 2.88. The zero-order chi connectivity index (χ0) is 17.9. The molecule has 4 rings (SSSR count). The summed E-state index contributed by atoms with van der Waals surface area (Å²) in [6.07, 6.45) is 0. The summed E-state index contributed by atoms with van der Waals surface area (Å²) in [6.45, 7) is 0. The number of nitrogens with one attached hydrogen (secondary N) is 1. The Hall–Kier alpha value is -2.92. The van der Waals surface area contributed by atoms with Crippen LogP contribution in [0.15, 0.2) is 84.0 Å². The molecule has 130 valence electrons. The third kappa shape index (κ3) is 3.26. The smallest absolute Gasteiger partial charge is 0.129 e. The number of phenols is 1. The molecule has 1 heterocycles. The highest BCUT2D eigenvalue weighted by Crippen LogP contribution is 2.37. The van der Waals surface area contributed by atoms with E-state index in [1.807, 2.05) is 36.4 Å². The first-order chi connectivity index (χ1) is 12.7. The third-order valence-corrected chi connectivity index (χ3v) is 5.52. The Morgan fingerprint density at radius 3 is 2.27 bits per heavy atom. The van der Waals surface area contributed by atoms with Crippen molar-refractivity contribution in [1.82, 2.24) is 5.43 Å². The number of hydrogen-bond donors (Lipinski definition) is 2. The van der Waals surface area contributed by atoms with Crippen molar-refractivity contribution in [2.24, 2.45) is 5.10 Å². The van der Waals surface area contributed by atoms with E-state index in [9.17, 15) is 5.11 Å². The van der Waals surface area contributed by atoms with Gasteiger partial charge in [-0.3, -0.25) is 5.43 Å². The van der Waals surface area contributed by atoms with E-state index in [0.717, 1.165) is 27.5 Å². The summed E-state index contributed by atoms with van der Waals surface area (Å²) >= 11 is 1.61. The van der Waals surface area contributed by atoms with Crippen LogP contribution in [-0.4, -0.2) is 17.2 Å². The van der Waals surface area contributed by atoms with E-state index < -0.39 is 0 Å². The van der Waals surface area contributed by atoms with Crippen LogP contribution in [0.25, 0.3) is 0 Å². The van der Waals surface area contributed by atoms with E-state index in [1.165, 1.54) is 0 Å². The molecule has 0 saturated carbocycles. The van der Waals surface area contributed by atoms with Gasteiger partial charge >= 0.3 is 0 Å². The first-order valence-corrected chi connectivity index (χ1v) is 9.27. The molecule has 0 spiro atoms. The quantitative estimate of drug-likeness (QED) is 0.697. The minimum Gasteiger partial charge on any atom is -0.507 e. The summed E-state index contributed by atoms with van der Waals surface area (Å²) in [7, 11) is 2.06. The van der Waals surface area contributed by atoms with Crippen LogP contribution in [0.3, 0.4) is 0 Å². The number of benzene rings is 3. The van der Waals surface area contributed by atoms with E-state index >= 15 is 0 Å². The first kappa shape index (κ1) is 16.5. The highest BCUT2D eigenvalue weighted by atomic mass is 32.2. The molecule has 0 bridgehead atoms. The van der Waals surface area contributed by atoms with E-state index in [4.69, 9.17) is 0 Å². The molecule has 0 radical (unpaired) electrons. The van der Waals surface area contributed by atoms with Gasteiger partial charge in [0.25, 0.3) is 0 Å². The minimum atomic E-state index is 0.0423. The van der Waals surface area contributed by atoms with E-state index in [0.29, 0.717) is 0 Å². The molecular weight excluding hydrogens is 342 g/mol. The van der Waals surface area contributed by atoms with Crippen LogP contribution < -0.4 is 10.3 Å². The van der Waals surface area contributed by atoms with Crippen LogP contribution in [-0.2, 0) is 0 Å². The van der Waals surface area contributed by atoms with Gasteiger partial charge < -0.3 is 10.0 Å². The Morgan fingerprint density at radius 2 is 1.54 bits per heavy atom. The van der Waals surface area contributed by atoms with Gasteiger partial charge in [-0.15, -0.1) is 0 Å². The maximum absolute atomic E-state index is 10.0. The summed E-state index contributed by atoms with van der Waals surface area (Å²) in [5.74, 6) is 0.251. The second-order valence-electron chi connectivity index (χ2n) is 6.05. The lowest BCUT2D eigenvalue weighted by molar-refractivity contribution is 0.474. The fraction of sp³-hybridized carbons (Fsp3) is 0.0952. The topological polar surface area (TPSA) is 47.9 Å². The van der Waals surface area contributed by atoms with Crippen LogP contribution in [0.2, 0.25) is 0 Å². The molecule has 4 nitrogen and oxygen atoms in total. The van der Waals surface area contributed by atoms with Crippen molar-refractivity contribution in [3.8, 4) is 5.75 Å². The highest BCUT2D eigenvalue weighted by Gasteiger charge is 2.23. The molecule has 0 amide bonds. The predicted molar refractivity (Wildman–Crippen MR) is 109 cm³/mol. The molecule has 0 aliphatic carbocycles. The lowest BCUT2D eigenvalue weighted by Crippen LogP contribution is -2.10. The van der Waals surface area contributed by atoms with Crippen molar-refractivity contribution in [3.05, 3.63) is 90.0 Å². The molecule has 3 aromatic carbocycles. The van der Waals surface area contributed by atoms with Gasteiger partial charge in [-0.2, -0.15) is 5.10 Å². The van der Waals surface area contributed by atoms with Crippen LogP contribution >= 0.6 is 11.8 Å². The highest BCUT2D eigenvalue weighted by molar-refractivity contribution is 8.14. The summed E-state index contributed by atoms with van der Waals surface area (Å²) in [5.41, 5.74) is 7.34. The average molecular weight is 361 g/mol. The molecule has 0 unspecified atom stereocenters. The molecular formula is C21H19N3OS. The van der Waals surface area contributed by atoms with Gasteiger partial charge in [0.2, 0.25) is 0 Å².